The molecular weight excluding hydrogens is 550 g/mol. The molecule has 0 saturated carbocycles. The third-order valence-corrected chi connectivity index (χ3v) is 9.15. The number of aromatic nitrogens is 5. The van der Waals surface area contributed by atoms with Crippen LogP contribution in [0.25, 0.3) is 10.9 Å². The van der Waals surface area contributed by atoms with Crippen LogP contribution < -0.4 is 5.56 Å². The molecule has 2 aliphatic heterocycles. The lowest BCUT2D eigenvalue weighted by atomic mass is 9.96. The highest BCUT2D eigenvalue weighted by molar-refractivity contribution is 5.80. The third-order valence-electron chi connectivity index (χ3n) is 9.15. The SMILES string of the molecule is CCc1ccc2[nH]c(=O)c([C@@H](c3nnnn3C[C@H]3CCCO3)N3CCN(C(c4ccccc4)c4ccccc4)CC3)cc2c1. The minimum absolute atomic E-state index is 0.0780. The number of H-pyrrole nitrogens is 1. The number of aryl methyl sites for hydroxylation is 1. The van der Waals surface area contributed by atoms with Crippen LogP contribution in [0.2, 0.25) is 0 Å². The molecule has 2 saturated heterocycles. The van der Waals surface area contributed by atoms with Crippen molar-refractivity contribution in [3.8, 4) is 0 Å². The van der Waals surface area contributed by atoms with E-state index in [-0.39, 0.29) is 23.7 Å². The molecule has 0 unspecified atom stereocenters. The molecule has 4 heterocycles. The summed E-state index contributed by atoms with van der Waals surface area (Å²) in [5.74, 6) is 0.688. The number of nitrogens with one attached hydrogen (secondary N) is 1. The van der Waals surface area contributed by atoms with Gasteiger partial charge in [0.1, 0.15) is 6.04 Å². The Morgan fingerprint density at radius 1 is 0.886 bits per heavy atom. The molecule has 226 valence electrons. The first-order valence-corrected chi connectivity index (χ1v) is 15.8. The third kappa shape index (κ3) is 5.83. The van der Waals surface area contributed by atoms with Crippen molar-refractivity contribution >= 4 is 10.9 Å². The largest absolute Gasteiger partial charge is 0.376 e. The van der Waals surface area contributed by atoms with E-state index in [1.54, 1.807) is 0 Å². The number of benzene rings is 3. The molecule has 7 rings (SSSR count). The van der Waals surface area contributed by atoms with E-state index in [1.807, 2.05) is 16.8 Å². The molecule has 9 nitrogen and oxygen atoms in total. The van der Waals surface area contributed by atoms with Gasteiger partial charge in [0.2, 0.25) is 0 Å². The smallest absolute Gasteiger partial charge is 0.253 e. The molecule has 0 bridgehead atoms. The number of piperazine rings is 1. The van der Waals surface area contributed by atoms with Crippen molar-refractivity contribution < 1.29 is 4.74 Å². The molecule has 3 aromatic carbocycles. The van der Waals surface area contributed by atoms with Crippen LogP contribution in [-0.4, -0.2) is 73.9 Å². The predicted octanol–water partition coefficient (Wildman–Crippen LogP) is 4.75. The number of hydrogen-bond acceptors (Lipinski definition) is 7. The fraction of sp³-hybridized carbons (Fsp3) is 0.371. The number of fused-ring (bicyclic) bond motifs is 1. The van der Waals surface area contributed by atoms with Gasteiger partial charge in [-0.15, -0.1) is 5.10 Å². The summed E-state index contributed by atoms with van der Waals surface area (Å²) in [7, 11) is 0. The number of pyridine rings is 1. The van der Waals surface area contributed by atoms with Gasteiger partial charge >= 0.3 is 0 Å². The van der Waals surface area contributed by atoms with Crippen LogP contribution in [0, 0.1) is 0 Å². The molecule has 9 heteroatoms. The van der Waals surface area contributed by atoms with E-state index in [0.717, 1.165) is 63.0 Å². The zero-order valence-corrected chi connectivity index (χ0v) is 25.2. The van der Waals surface area contributed by atoms with E-state index in [9.17, 15) is 4.79 Å². The van der Waals surface area contributed by atoms with Crippen molar-refractivity contribution in [1.29, 1.82) is 0 Å². The van der Waals surface area contributed by atoms with Gasteiger partial charge in [-0.25, -0.2) is 4.68 Å². The summed E-state index contributed by atoms with van der Waals surface area (Å²) in [4.78, 5) is 21.9. The van der Waals surface area contributed by atoms with Crippen LogP contribution in [0.5, 0.6) is 0 Å². The van der Waals surface area contributed by atoms with Gasteiger partial charge in [0, 0.05) is 43.9 Å². The molecule has 1 N–H and O–H groups in total. The van der Waals surface area contributed by atoms with Crippen LogP contribution in [0.4, 0.5) is 0 Å². The van der Waals surface area contributed by atoms with Crippen LogP contribution in [0.1, 0.15) is 59.9 Å². The van der Waals surface area contributed by atoms with Gasteiger partial charge in [-0.3, -0.25) is 14.6 Å². The summed E-state index contributed by atoms with van der Waals surface area (Å²) < 4.78 is 7.80. The Morgan fingerprint density at radius 3 is 2.20 bits per heavy atom. The summed E-state index contributed by atoms with van der Waals surface area (Å²) in [6.07, 6.45) is 3.04. The number of hydrogen-bond donors (Lipinski definition) is 1. The topological polar surface area (TPSA) is 92.2 Å². The van der Waals surface area contributed by atoms with Gasteiger partial charge in [0.05, 0.1) is 18.7 Å². The maximum Gasteiger partial charge on any atom is 0.253 e. The summed E-state index contributed by atoms with van der Waals surface area (Å²) in [6, 6.07) is 29.5. The molecule has 0 aliphatic carbocycles. The lowest BCUT2D eigenvalue weighted by molar-refractivity contribution is 0.0778. The van der Waals surface area contributed by atoms with Gasteiger partial charge < -0.3 is 9.72 Å². The second kappa shape index (κ2) is 12.8. The molecular formula is C35H39N7O2. The Morgan fingerprint density at radius 2 is 1.57 bits per heavy atom. The van der Waals surface area contributed by atoms with E-state index in [2.05, 4.69) is 110 Å². The first-order valence-electron chi connectivity index (χ1n) is 15.8. The van der Waals surface area contributed by atoms with Gasteiger partial charge in [0.25, 0.3) is 5.56 Å². The minimum atomic E-state index is -0.390. The Balaban J connectivity index is 1.24. The number of ether oxygens (including phenoxy) is 1. The lowest BCUT2D eigenvalue weighted by Crippen LogP contribution is -2.50. The summed E-state index contributed by atoms with van der Waals surface area (Å²) in [6.45, 7) is 6.69. The van der Waals surface area contributed by atoms with Gasteiger partial charge in [-0.2, -0.15) is 0 Å². The Bertz CT molecular complexity index is 1700. The van der Waals surface area contributed by atoms with E-state index >= 15 is 0 Å². The number of nitrogens with zero attached hydrogens (tertiary/aromatic N) is 6. The molecule has 44 heavy (non-hydrogen) atoms. The Hall–Kier alpha value is -4.18. The number of tetrazole rings is 1. The second-order valence-electron chi connectivity index (χ2n) is 11.9. The highest BCUT2D eigenvalue weighted by atomic mass is 16.5. The Labute approximate surface area is 257 Å². The molecule has 2 aliphatic rings. The minimum Gasteiger partial charge on any atom is -0.376 e. The molecule has 0 spiro atoms. The first-order chi connectivity index (χ1) is 21.7. The molecule has 0 radical (unpaired) electrons. The Kier molecular flexibility index (Phi) is 8.33. The zero-order chi connectivity index (χ0) is 29.9. The number of rotatable bonds is 9. The van der Waals surface area contributed by atoms with Crippen LogP contribution in [0.3, 0.4) is 0 Å². The first kappa shape index (κ1) is 28.6. The second-order valence-corrected chi connectivity index (χ2v) is 11.9. The van der Waals surface area contributed by atoms with E-state index in [4.69, 9.17) is 4.74 Å². The van der Waals surface area contributed by atoms with Crippen molar-refractivity contribution in [2.75, 3.05) is 32.8 Å². The van der Waals surface area contributed by atoms with Gasteiger partial charge in [-0.1, -0.05) is 73.7 Å². The monoisotopic (exact) mass is 589 g/mol. The van der Waals surface area contributed by atoms with E-state index in [1.165, 1.54) is 16.7 Å². The standard InChI is InChI=1S/C35H39N7O2/c1-2-25-15-16-31-28(22-25)23-30(35(43)36-31)33(34-37-38-39-42(34)24-29-14-9-21-44-29)41-19-17-40(18-20-41)32(26-10-5-3-6-11-26)27-12-7-4-8-13-27/h3-8,10-13,15-16,22-23,29,32-33H,2,9,14,17-21,24H2,1H3,(H,36,43)/t29-,33+/m1/s1. The molecule has 2 atom stereocenters. The number of aromatic amines is 1. The summed E-state index contributed by atoms with van der Waals surface area (Å²) in [5.41, 5.74) is 5.20. The van der Waals surface area contributed by atoms with E-state index in [0.29, 0.717) is 17.9 Å². The van der Waals surface area contributed by atoms with Crippen molar-refractivity contribution in [3.63, 3.8) is 0 Å². The van der Waals surface area contributed by atoms with Gasteiger partial charge in [0.15, 0.2) is 5.82 Å². The molecule has 0 amide bonds. The highest BCUT2D eigenvalue weighted by Gasteiger charge is 2.35. The normalized spacial score (nSPS) is 18.7. The lowest BCUT2D eigenvalue weighted by Gasteiger charge is -2.42. The molecule has 2 aromatic heterocycles. The predicted molar refractivity (Wildman–Crippen MR) is 170 cm³/mol. The average molecular weight is 590 g/mol. The maximum absolute atomic E-state index is 13.8. The van der Waals surface area contributed by atoms with Crippen molar-refractivity contribution in [3.05, 3.63) is 123 Å². The summed E-state index contributed by atoms with van der Waals surface area (Å²) >= 11 is 0. The maximum atomic E-state index is 13.8. The highest BCUT2D eigenvalue weighted by Crippen LogP contribution is 2.33. The van der Waals surface area contributed by atoms with Crippen molar-refractivity contribution in [1.82, 2.24) is 35.0 Å². The zero-order valence-electron chi connectivity index (χ0n) is 25.2. The van der Waals surface area contributed by atoms with E-state index < -0.39 is 0 Å². The quantitative estimate of drug-likeness (QED) is 0.265. The average Bonchev–Trinajstić information content (AvgIpc) is 3.76. The fourth-order valence-corrected chi connectivity index (χ4v) is 6.85. The molecule has 5 aromatic rings. The molecule has 2 fully saturated rings. The van der Waals surface area contributed by atoms with Crippen LogP contribution in [-0.2, 0) is 17.7 Å². The summed E-state index contributed by atoms with van der Waals surface area (Å²) in [5, 5.41) is 14.1. The van der Waals surface area contributed by atoms with Gasteiger partial charge in [-0.05, 0) is 70.0 Å². The fourth-order valence-electron chi connectivity index (χ4n) is 6.85. The van der Waals surface area contributed by atoms with Crippen LogP contribution in [0.15, 0.2) is 89.7 Å². The van der Waals surface area contributed by atoms with Crippen molar-refractivity contribution in [2.24, 2.45) is 0 Å². The van der Waals surface area contributed by atoms with Crippen LogP contribution >= 0.6 is 0 Å². The van der Waals surface area contributed by atoms with Crippen molar-refractivity contribution in [2.45, 2.75) is 50.9 Å².